The molecule has 4 heteroatoms. The molecule has 17 heavy (non-hydrogen) atoms. The van der Waals surface area contributed by atoms with Crippen molar-refractivity contribution in [3.8, 4) is 0 Å². The van der Waals surface area contributed by atoms with Crippen LogP contribution in [-0.2, 0) is 6.42 Å². The molecule has 0 spiro atoms. The van der Waals surface area contributed by atoms with Gasteiger partial charge in [0.1, 0.15) is 0 Å². The fraction of sp³-hybridized carbons (Fsp3) is 0.308. The molecule has 0 bridgehead atoms. The maximum Gasteiger partial charge on any atom is 0.0795 e. The monoisotopic (exact) mass is 248 g/mol. The molecule has 2 rings (SSSR count). The molecule has 1 aromatic carbocycles. The molecule has 0 aliphatic rings. The highest BCUT2D eigenvalue weighted by Crippen LogP contribution is 2.19. The summed E-state index contributed by atoms with van der Waals surface area (Å²) in [4.78, 5) is 4.28. The van der Waals surface area contributed by atoms with Crippen molar-refractivity contribution in [2.45, 2.75) is 19.4 Å². The molecule has 1 unspecified atom stereocenters. The van der Waals surface area contributed by atoms with Crippen LogP contribution in [0, 0.1) is 0 Å². The van der Waals surface area contributed by atoms with Crippen LogP contribution in [0.4, 0.5) is 5.69 Å². The van der Waals surface area contributed by atoms with Gasteiger partial charge in [0.15, 0.2) is 0 Å². The first-order valence-electron chi connectivity index (χ1n) is 5.64. The SMILES string of the molecule is CC(Nc1ccc(CCO)cc1)c1cscn1. The van der Waals surface area contributed by atoms with Gasteiger partial charge in [0, 0.05) is 17.7 Å². The fourth-order valence-corrected chi connectivity index (χ4v) is 2.30. The van der Waals surface area contributed by atoms with E-state index >= 15 is 0 Å². The van der Waals surface area contributed by atoms with Gasteiger partial charge in [-0.2, -0.15) is 0 Å². The predicted molar refractivity (Wildman–Crippen MR) is 71.4 cm³/mol. The molecule has 0 aliphatic heterocycles. The Kier molecular flexibility index (Phi) is 4.12. The predicted octanol–water partition coefficient (Wildman–Crippen LogP) is 2.85. The molecule has 2 N–H and O–H groups in total. The van der Waals surface area contributed by atoms with Crippen molar-refractivity contribution in [1.29, 1.82) is 0 Å². The normalized spacial score (nSPS) is 12.4. The van der Waals surface area contributed by atoms with Gasteiger partial charge in [-0.25, -0.2) is 4.98 Å². The topological polar surface area (TPSA) is 45.1 Å². The number of hydrogen-bond donors (Lipinski definition) is 2. The van der Waals surface area contributed by atoms with Crippen molar-refractivity contribution >= 4 is 17.0 Å². The van der Waals surface area contributed by atoms with Gasteiger partial charge in [-0.05, 0) is 31.0 Å². The van der Waals surface area contributed by atoms with E-state index in [2.05, 4.69) is 22.6 Å². The molecule has 0 saturated heterocycles. The molecule has 3 nitrogen and oxygen atoms in total. The highest BCUT2D eigenvalue weighted by molar-refractivity contribution is 7.07. The van der Waals surface area contributed by atoms with E-state index in [0.717, 1.165) is 16.9 Å². The Morgan fingerprint density at radius 2 is 2.12 bits per heavy atom. The van der Waals surface area contributed by atoms with Crippen molar-refractivity contribution < 1.29 is 5.11 Å². The van der Waals surface area contributed by atoms with E-state index in [4.69, 9.17) is 5.11 Å². The van der Waals surface area contributed by atoms with E-state index in [0.29, 0.717) is 6.42 Å². The van der Waals surface area contributed by atoms with Crippen LogP contribution in [0.1, 0.15) is 24.2 Å². The number of aromatic nitrogens is 1. The third kappa shape index (κ3) is 3.28. The Morgan fingerprint density at radius 1 is 1.35 bits per heavy atom. The number of anilines is 1. The third-order valence-electron chi connectivity index (χ3n) is 2.63. The molecule has 0 radical (unpaired) electrons. The molecule has 1 aromatic heterocycles. The summed E-state index contributed by atoms with van der Waals surface area (Å²) in [7, 11) is 0. The first-order valence-corrected chi connectivity index (χ1v) is 6.58. The minimum atomic E-state index is 0.196. The molecule has 0 amide bonds. The fourth-order valence-electron chi connectivity index (χ4n) is 1.66. The Bertz CT molecular complexity index is 439. The standard InChI is InChI=1S/C13H16N2OS/c1-10(13-8-17-9-14-13)15-12-4-2-11(3-5-12)6-7-16/h2-5,8-10,15-16H,6-7H2,1H3. The third-order valence-corrected chi connectivity index (χ3v) is 3.24. The van der Waals surface area contributed by atoms with Gasteiger partial charge in [0.25, 0.3) is 0 Å². The van der Waals surface area contributed by atoms with Crippen LogP contribution in [0.15, 0.2) is 35.2 Å². The van der Waals surface area contributed by atoms with Gasteiger partial charge in [-0.1, -0.05) is 12.1 Å². The highest BCUT2D eigenvalue weighted by atomic mass is 32.1. The Labute approximate surface area is 105 Å². The van der Waals surface area contributed by atoms with E-state index in [9.17, 15) is 0 Å². The number of rotatable bonds is 5. The van der Waals surface area contributed by atoms with E-state index in [1.165, 1.54) is 0 Å². The molecule has 0 fully saturated rings. The summed E-state index contributed by atoms with van der Waals surface area (Å²) in [5.41, 5.74) is 5.14. The second kappa shape index (κ2) is 5.80. The van der Waals surface area contributed by atoms with Gasteiger partial charge in [-0.15, -0.1) is 11.3 Å². The van der Waals surface area contributed by atoms with Gasteiger partial charge < -0.3 is 10.4 Å². The Balaban J connectivity index is 1.99. The molecular weight excluding hydrogens is 232 g/mol. The van der Waals surface area contributed by atoms with Crippen LogP contribution in [0.2, 0.25) is 0 Å². The van der Waals surface area contributed by atoms with Crippen molar-refractivity contribution in [2.75, 3.05) is 11.9 Å². The average Bonchev–Trinajstić information content (AvgIpc) is 2.86. The van der Waals surface area contributed by atoms with Crippen LogP contribution in [0.25, 0.3) is 0 Å². The van der Waals surface area contributed by atoms with Crippen molar-refractivity contribution in [3.63, 3.8) is 0 Å². The zero-order valence-corrected chi connectivity index (χ0v) is 10.6. The number of benzene rings is 1. The molecule has 90 valence electrons. The van der Waals surface area contributed by atoms with Crippen molar-refractivity contribution in [3.05, 3.63) is 46.4 Å². The summed E-state index contributed by atoms with van der Waals surface area (Å²) in [6, 6.07) is 8.35. The molecule has 0 aliphatic carbocycles. The molecule has 2 aromatic rings. The minimum absolute atomic E-state index is 0.196. The van der Waals surface area contributed by atoms with Crippen molar-refractivity contribution in [2.24, 2.45) is 0 Å². The summed E-state index contributed by atoms with van der Waals surface area (Å²) >= 11 is 1.61. The lowest BCUT2D eigenvalue weighted by Gasteiger charge is -2.13. The van der Waals surface area contributed by atoms with Crippen LogP contribution in [0.3, 0.4) is 0 Å². The number of aliphatic hydroxyl groups is 1. The first kappa shape index (κ1) is 12.1. The zero-order valence-electron chi connectivity index (χ0n) is 9.76. The molecule has 1 atom stereocenters. The Hall–Kier alpha value is -1.39. The van der Waals surface area contributed by atoms with E-state index in [1.54, 1.807) is 11.3 Å². The number of hydrogen-bond acceptors (Lipinski definition) is 4. The zero-order chi connectivity index (χ0) is 12.1. The number of nitrogens with zero attached hydrogens (tertiary/aromatic N) is 1. The van der Waals surface area contributed by atoms with Crippen LogP contribution >= 0.6 is 11.3 Å². The second-order valence-electron chi connectivity index (χ2n) is 3.95. The quantitative estimate of drug-likeness (QED) is 0.855. The summed E-state index contributed by atoms with van der Waals surface area (Å²) < 4.78 is 0. The van der Waals surface area contributed by atoms with E-state index < -0.39 is 0 Å². The Morgan fingerprint density at radius 3 is 2.71 bits per heavy atom. The van der Waals surface area contributed by atoms with Gasteiger partial charge in [0.05, 0.1) is 17.2 Å². The lowest BCUT2D eigenvalue weighted by atomic mass is 10.1. The maximum atomic E-state index is 8.84. The second-order valence-corrected chi connectivity index (χ2v) is 4.67. The van der Waals surface area contributed by atoms with E-state index in [1.807, 2.05) is 29.8 Å². The summed E-state index contributed by atoms with van der Waals surface area (Å²) in [5.74, 6) is 0. The van der Waals surface area contributed by atoms with Gasteiger partial charge in [0.2, 0.25) is 0 Å². The molecule has 0 saturated carbocycles. The van der Waals surface area contributed by atoms with Crippen LogP contribution in [0.5, 0.6) is 0 Å². The van der Waals surface area contributed by atoms with Gasteiger partial charge in [-0.3, -0.25) is 0 Å². The molecule has 1 heterocycles. The number of aliphatic hydroxyl groups excluding tert-OH is 1. The summed E-state index contributed by atoms with van der Waals surface area (Å²) in [5, 5.41) is 14.3. The first-order chi connectivity index (χ1) is 8.29. The molecular formula is C13H16N2OS. The smallest absolute Gasteiger partial charge is 0.0795 e. The number of thiazole rings is 1. The maximum absolute atomic E-state index is 8.84. The van der Waals surface area contributed by atoms with Crippen LogP contribution in [-0.4, -0.2) is 16.7 Å². The van der Waals surface area contributed by atoms with Crippen LogP contribution < -0.4 is 5.32 Å². The lowest BCUT2D eigenvalue weighted by molar-refractivity contribution is 0.299. The number of nitrogens with one attached hydrogen (secondary N) is 1. The van der Waals surface area contributed by atoms with E-state index in [-0.39, 0.29) is 12.6 Å². The lowest BCUT2D eigenvalue weighted by Crippen LogP contribution is -2.06. The summed E-state index contributed by atoms with van der Waals surface area (Å²) in [6.07, 6.45) is 0.710. The van der Waals surface area contributed by atoms with Crippen molar-refractivity contribution in [1.82, 2.24) is 4.98 Å². The minimum Gasteiger partial charge on any atom is -0.396 e. The van der Waals surface area contributed by atoms with Gasteiger partial charge >= 0.3 is 0 Å². The largest absolute Gasteiger partial charge is 0.396 e. The highest BCUT2D eigenvalue weighted by Gasteiger charge is 2.06. The summed E-state index contributed by atoms with van der Waals surface area (Å²) in [6.45, 7) is 2.29. The average molecular weight is 248 g/mol.